The van der Waals surface area contributed by atoms with Gasteiger partial charge in [0.15, 0.2) is 0 Å². The Morgan fingerprint density at radius 2 is 2.00 bits per heavy atom. The summed E-state index contributed by atoms with van der Waals surface area (Å²) in [7, 11) is 4.04. The van der Waals surface area contributed by atoms with Crippen LogP contribution in [0.5, 0.6) is 0 Å². The van der Waals surface area contributed by atoms with Crippen LogP contribution in [0.25, 0.3) is 10.9 Å². The minimum atomic E-state index is 0.0691. The Hall–Kier alpha value is -2.37. The number of hydrogen-bond donors (Lipinski definition) is 2. The van der Waals surface area contributed by atoms with Crippen LogP contribution in [-0.4, -0.2) is 47.7 Å². The first-order chi connectivity index (χ1) is 13.4. The molecule has 0 fully saturated rings. The van der Waals surface area contributed by atoms with Crippen molar-refractivity contribution in [1.82, 2.24) is 20.4 Å². The third-order valence-corrected chi connectivity index (χ3v) is 5.54. The van der Waals surface area contributed by atoms with Crippen LogP contribution < -0.4 is 5.32 Å². The molecule has 0 bridgehead atoms. The molecule has 0 saturated carbocycles. The van der Waals surface area contributed by atoms with Crippen molar-refractivity contribution in [3.8, 4) is 0 Å². The fourth-order valence-electron chi connectivity index (χ4n) is 3.34. The largest absolute Gasteiger partial charge is 0.355 e. The molecule has 28 heavy (non-hydrogen) atoms. The highest BCUT2D eigenvalue weighted by Crippen LogP contribution is 2.24. The van der Waals surface area contributed by atoms with E-state index >= 15 is 0 Å². The van der Waals surface area contributed by atoms with E-state index in [1.807, 2.05) is 38.4 Å². The Morgan fingerprint density at radius 3 is 2.71 bits per heavy atom. The molecule has 3 aromatic rings. The van der Waals surface area contributed by atoms with Crippen LogP contribution in [0.15, 0.2) is 48.7 Å². The van der Waals surface area contributed by atoms with Gasteiger partial charge in [0.05, 0.1) is 11.7 Å². The smallest absolute Gasteiger partial charge is 0.220 e. The number of halogens is 1. The third kappa shape index (κ3) is 5.12. The molecule has 0 saturated heterocycles. The molecule has 1 amide bonds. The monoisotopic (exact) mass is 398 g/mol. The zero-order chi connectivity index (χ0) is 20.1. The molecular weight excluding hydrogens is 372 g/mol. The Morgan fingerprint density at radius 1 is 1.25 bits per heavy atom. The van der Waals surface area contributed by atoms with E-state index in [1.165, 1.54) is 5.56 Å². The SMILES string of the molecule is CC(CC(=O)NCC(Cc1cc2cn[nH]c2cc1Cl)N(C)C)c1ccccc1. The molecule has 148 valence electrons. The maximum absolute atomic E-state index is 12.4. The van der Waals surface area contributed by atoms with Crippen LogP contribution in [0.4, 0.5) is 0 Å². The lowest BCUT2D eigenvalue weighted by Gasteiger charge is -2.25. The predicted molar refractivity (Wildman–Crippen MR) is 115 cm³/mol. The lowest BCUT2D eigenvalue weighted by Crippen LogP contribution is -2.41. The molecule has 1 heterocycles. The Kier molecular flexibility index (Phi) is 6.70. The minimum Gasteiger partial charge on any atom is -0.355 e. The summed E-state index contributed by atoms with van der Waals surface area (Å²) in [6, 6.07) is 14.3. The molecule has 1 aromatic heterocycles. The first-order valence-electron chi connectivity index (χ1n) is 9.53. The second kappa shape index (κ2) is 9.22. The number of hydrogen-bond acceptors (Lipinski definition) is 3. The average molecular weight is 399 g/mol. The highest BCUT2D eigenvalue weighted by Gasteiger charge is 2.17. The van der Waals surface area contributed by atoms with Crippen LogP contribution in [0.1, 0.15) is 30.4 Å². The van der Waals surface area contributed by atoms with Crippen molar-refractivity contribution in [1.29, 1.82) is 0 Å². The average Bonchev–Trinajstić information content (AvgIpc) is 3.12. The van der Waals surface area contributed by atoms with Crippen molar-refractivity contribution in [2.75, 3.05) is 20.6 Å². The van der Waals surface area contributed by atoms with Crippen LogP contribution in [0.2, 0.25) is 5.02 Å². The number of carbonyl (C=O) groups excluding carboxylic acids is 1. The Bertz CT molecular complexity index is 923. The number of H-pyrrole nitrogens is 1. The number of amides is 1. The van der Waals surface area contributed by atoms with Crippen LogP contribution in [-0.2, 0) is 11.2 Å². The first kappa shape index (κ1) is 20.4. The molecule has 2 unspecified atom stereocenters. The van der Waals surface area contributed by atoms with E-state index in [4.69, 9.17) is 11.6 Å². The molecule has 6 heteroatoms. The number of carbonyl (C=O) groups is 1. The molecule has 0 spiro atoms. The molecule has 0 aliphatic rings. The van der Waals surface area contributed by atoms with Crippen LogP contribution in [0.3, 0.4) is 0 Å². The van der Waals surface area contributed by atoms with E-state index in [2.05, 4.69) is 45.5 Å². The van der Waals surface area contributed by atoms with Gasteiger partial charge in [0, 0.05) is 29.4 Å². The standard InChI is InChI=1S/C22H27ClN4O/c1-15(16-7-5-4-6-8-16)9-22(28)24-14-19(27(2)3)11-17-10-18-13-25-26-21(18)12-20(17)23/h4-8,10,12-13,15,19H,9,11,14H2,1-3H3,(H,24,28)(H,25,26). The summed E-state index contributed by atoms with van der Waals surface area (Å²) in [6.07, 6.45) is 3.03. The molecule has 0 radical (unpaired) electrons. The second-order valence-corrected chi connectivity index (χ2v) is 7.95. The summed E-state index contributed by atoms with van der Waals surface area (Å²) in [5.41, 5.74) is 3.17. The van der Waals surface area contributed by atoms with E-state index in [-0.39, 0.29) is 17.9 Å². The maximum atomic E-state index is 12.4. The molecule has 0 aliphatic carbocycles. The minimum absolute atomic E-state index is 0.0691. The highest BCUT2D eigenvalue weighted by atomic mass is 35.5. The van der Waals surface area contributed by atoms with Gasteiger partial charge in [0.25, 0.3) is 0 Å². The van der Waals surface area contributed by atoms with Gasteiger partial charge < -0.3 is 10.2 Å². The normalized spacial score (nSPS) is 13.6. The van der Waals surface area contributed by atoms with Gasteiger partial charge in [0.1, 0.15) is 0 Å². The fourth-order valence-corrected chi connectivity index (χ4v) is 3.58. The van der Waals surface area contributed by atoms with Gasteiger partial charge in [-0.1, -0.05) is 48.9 Å². The predicted octanol–water partition coefficient (Wildman–Crippen LogP) is 4.00. The van der Waals surface area contributed by atoms with Gasteiger partial charge in [-0.25, -0.2) is 0 Å². The molecular formula is C22H27ClN4O. The number of aromatic amines is 1. The second-order valence-electron chi connectivity index (χ2n) is 7.54. The van der Waals surface area contributed by atoms with Gasteiger partial charge in [0.2, 0.25) is 5.91 Å². The quantitative estimate of drug-likeness (QED) is 0.603. The van der Waals surface area contributed by atoms with Crippen molar-refractivity contribution in [3.63, 3.8) is 0 Å². The van der Waals surface area contributed by atoms with Crippen molar-refractivity contribution in [3.05, 3.63) is 64.8 Å². The zero-order valence-corrected chi connectivity index (χ0v) is 17.3. The molecule has 5 nitrogen and oxygen atoms in total. The van der Waals surface area contributed by atoms with Crippen molar-refractivity contribution in [2.45, 2.75) is 31.7 Å². The van der Waals surface area contributed by atoms with E-state index in [9.17, 15) is 4.79 Å². The number of nitrogens with one attached hydrogen (secondary N) is 2. The van der Waals surface area contributed by atoms with Crippen molar-refractivity contribution >= 4 is 28.4 Å². The number of likely N-dealkylation sites (N-methyl/N-ethyl adjacent to an activating group) is 1. The lowest BCUT2D eigenvalue weighted by atomic mass is 9.97. The Balaban J connectivity index is 1.59. The van der Waals surface area contributed by atoms with Crippen molar-refractivity contribution in [2.24, 2.45) is 0 Å². The zero-order valence-electron chi connectivity index (χ0n) is 16.6. The van der Waals surface area contributed by atoms with Gasteiger partial charge in [-0.3, -0.25) is 9.89 Å². The molecule has 2 aromatic carbocycles. The lowest BCUT2D eigenvalue weighted by molar-refractivity contribution is -0.121. The van der Waals surface area contributed by atoms with E-state index < -0.39 is 0 Å². The van der Waals surface area contributed by atoms with Gasteiger partial charge >= 0.3 is 0 Å². The molecule has 2 atom stereocenters. The summed E-state index contributed by atoms with van der Waals surface area (Å²) in [5, 5.41) is 11.8. The molecule has 3 rings (SSSR count). The number of nitrogens with zero attached hydrogens (tertiary/aromatic N) is 2. The number of benzene rings is 2. The van der Waals surface area contributed by atoms with Crippen molar-refractivity contribution < 1.29 is 4.79 Å². The van der Waals surface area contributed by atoms with Gasteiger partial charge in [-0.15, -0.1) is 0 Å². The topological polar surface area (TPSA) is 61.0 Å². The maximum Gasteiger partial charge on any atom is 0.220 e. The van der Waals surface area contributed by atoms with Crippen LogP contribution in [0, 0.1) is 0 Å². The van der Waals surface area contributed by atoms with E-state index in [0.29, 0.717) is 18.0 Å². The summed E-state index contributed by atoms with van der Waals surface area (Å²) in [5.74, 6) is 0.261. The fraction of sp³-hybridized carbons (Fsp3) is 0.364. The van der Waals surface area contributed by atoms with Crippen LogP contribution >= 0.6 is 11.6 Å². The van der Waals surface area contributed by atoms with Gasteiger partial charge in [-0.05, 0) is 49.7 Å². The van der Waals surface area contributed by atoms with E-state index in [1.54, 1.807) is 6.20 Å². The van der Waals surface area contributed by atoms with Gasteiger partial charge in [-0.2, -0.15) is 5.10 Å². The first-order valence-corrected chi connectivity index (χ1v) is 9.91. The summed E-state index contributed by atoms with van der Waals surface area (Å²) in [6.45, 7) is 2.66. The molecule has 0 aliphatic heterocycles. The third-order valence-electron chi connectivity index (χ3n) is 5.19. The number of rotatable bonds is 8. The highest BCUT2D eigenvalue weighted by molar-refractivity contribution is 6.32. The summed E-state index contributed by atoms with van der Waals surface area (Å²) < 4.78 is 0. The number of aromatic nitrogens is 2. The summed E-state index contributed by atoms with van der Waals surface area (Å²) in [4.78, 5) is 14.6. The molecule has 2 N–H and O–H groups in total. The summed E-state index contributed by atoms with van der Waals surface area (Å²) >= 11 is 6.45. The van der Waals surface area contributed by atoms with E-state index in [0.717, 1.165) is 22.9 Å². The Labute approximate surface area is 171 Å². The number of fused-ring (bicyclic) bond motifs is 1.